The molecule has 0 aliphatic heterocycles. The molecule has 0 aliphatic carbocycles. The second-order valence-corrected chi connectivity index (χ2v) is 10.6. The molecule has 6 aromatic carbocycles. The summed E-state index contributed by atoms with van der Waals surface area (Å²) in [7, 11) is 0. The van der Waals surface area contributed by atoms with Crippen molar-refractivity contribution in [2.24, 2.45) is 0 Å². The van der Waals surface area contributed by atoms with Gasteiger partial charge < -0.3 is 0 Å². The molecule has 1 heterocycles. The van der Waals surface area contributed by atoms with E-state index in [1.54, 1.807) is 0 Å². The van der Waals surface area contributed by atoms with E-state index in [4.69, 9.17) is 16.5 Å². The number of benzene rings is 6. The van der Waals surface area contributed by atoms with Crippen LogP contribution in [0.15, 0.2) is 164 Å². The molecule has 7 rings (SSSR count). The Hall–Kier alpha value is -6.11. The molecule has 0 atom stereocenters. The summed E-state index contributed by atoms with van der Waals surface area (Å²) in [5, 5.41) is 0. The zero-order valence-corrected chi connectivity index (χ0v) is 23.9. The molecule has 7 aromatic rings. The highest BCUT2D eigenvalue weighted by Gasteiger charge is 2.14. The Morgan fingerprint density at radius 2 is 0.773 bits per heavy atom. The van der Waals surface area contributed by atoms with Crippen molar-refractivity contribution in [3.63, 3.8) is 0 Å². The van der Waals surface area contributed by atoms with E-state index in [1.807, 2.05) is 60.7 Å². The van der Waals surface area contributed by atoms with Gasteiger partial charge in [-0.15, -0.1) is 0 Å². The first-order chi connectivity index (χ1) is 21.7. The minimum Gasteiger partial charge on any atom is -0.238 e. The summed E-state index contributed by atoms with van der Waals surface area (Å²) in [5.74, 6) is 0.634. The standard InChI is InChI=1S/C41H27N3/c1-42-38-19-11-18-34(27-38)40-28-39(33-16-9-4-10-17-33)43-41(44-40)37-25-35(30-14-7-3-8-15-30)24-36(26-37)32-22-20-31(21-23-32)29-12-5-2-6-13-29/h2-28H. The van der Waals surface area contributed by atoms with Crippen LogP contribution in [0.2, 0.25) is 0 Å². The Balaban J connectivity index is 1.40. The van der Waals surface area contributed by atoms with E-state index in [-0.39, 0.29) is 0 Å². The smallest absolute Gasteiger partial charge is 0.187 e. The number of hydrogen-bond donors (Lipinski definition) is 0. The van der Waals surface area contributed by atoms with Crippen molar-refractivity contribution in [1.29, 1.82) is 0 Å². The lowest BCUT2D eigenvalue weighted by Gasteiger charge is -2.13. The highest BCUT2D eigenvalue weighted by Crippen LogP contribution is 2.35. The van der Waals surface area contributed by atoms with Gasteiger partial charge in [0.2, 0.25) is 0 Å². The van der Waals surface area contributed by atoms with Gasteiger partial charge in [-0.1, -0.05) is 133 Å². The Morgan fingerprint density at radius 1 is 0.341 bits per heavy atom. The van der Waals surface area contributed by atoms with Gasteiger partial charge in [-0.25, -0.2) is 14.8 Å². The highest BCUT2D eigenvalue weighted by molar-refractivity contribution is 5.82. The molecule has 0 spiro atoms. The molecule has 0 unspecified atom stereocenters. The zero-order valence-electron chi connectivity index (χ0n) is 23.9. The quantitative estimate of drug-likeness (QED) is 0.189. The molecule has 0 fully saturated rings. The maximum atomic E-state index is 7.52. The van der Waals surface area contributed by atoms with Crippen molar-refractivity contribution >= 4 is 5.69 Å². The Kier molecular flexibility index (Phi) is 7.31. The predicted molar refractivity (Wildman–Crippen MR) is 181 cm³/mol. The number of hydrogen-bond acceptors (Lipinski definition) is 2. The molecule has 0 radical (unpaired) electrons. The zero-order chi connectivity index (χ0) is 29.7. The molecule has 0 saturated heterocycles. The van der Waals surface area contributed by atoms with Crippen molar-refractivity contribution in [1.82, 2.24) is 9.97 Å². The number of nitrogens with zero attached hydrogens (tertiary/aromatic N) is 3. The molecule has 206 valence electrons. The first kappa shape index (κ1) is 26.8. The van der Waals surface area contributed by atoms with E-state index in [2.05, 4.69) is 108 Å². The lowest BCUT2D eigenvalue weighted by molar-refractivity contribution is 1.18. The first-order valence-corrected chi connectivity index (χ1v) is 14.5. The van der Waals surface area contributed by atoms with Crippen LogP contribution in [0.3, 0.4) is 0 Å². The highest BCUT2D eigenvalue weighted by atomic mass is 14.9. The largest absolute Gasteiger partial charge is 0.238 e. The van der Waals surface area contributed by atoms with Crippen molar-refractivity contribution in [2.75, 3.05) is 0 Å². The molecule has 0 N–H and O–H groups in total. The summed E-state index contributed by atoms with van der Waals surface area (Å²) >= 11 is 0. The molecular weight excluding hydrogens is 534 g/mol. The average Bonchev–Trinajstić information content (AvgIpc) is 3.12. The summed E-state index contributed by atoms with van der Waals surface area (Å²) in [6.45, 7) is 7.52. The maximum absolute atomic E-state index is 7.52. The van der Waals surface area contributed by atoms with Gasteiger partial charge in [-0.3, -0.25) is 0 Å². The summed E-state index contributed by atoms with van der Waals surface area (Å²) in [6.07, 6.45) is 0. The second kappa shape index (κ2) is 12.0. The third kappa shape index (κ3) is 5.66. The van der Waals surface area contributed by atoms with Gasteiger partial charge in [0.05, 0.1) is 18.0 Å². The van der Waals surface area contributed by atoms with Gasteiger partial charge >= 0.3 is 0 Å². The van der Waals surface area contributed by atoms with Crippen molar-refractivity contribution < 1.29 is 0 Å². The van der Waals surface area contributed by atoms with Crippen LogP contribution in [0.25, 0.3) is 72.1 Å². The number of aromatic nitrogens is 2. The third-order valence-corrected chi connectivity index (χ3v) is 7.69. The summed E-state index contributed by atoms with van der Waals surface area (Å²) in [4.78, 5) is 13.8. The molecule has 3 heteroatoms. The fourth-order valence-electron chi connectivity index (χ4n) is 5.42. The van der Waals surface area contributed by atoms with Crippen LogP contribution in [0, 0.1) is 6.57 Å². The van der Waals surface area contributed by atoms with E-state index in [0.29, 0.717) is 11.5 Å². The minimum absolute atomic E-state index is 0.580. The van der Waals surface area contributed by atoms with Crippen LogP contribution in [0.1, 0.15) is 0 Å². The van der Waals surface area contributed by atoms with Gasteiger partial charge in [-0.2, -0.15) is 0 Å². The van der Waals surface area contributed by atoms with Crippen LogP contribution in [0.4, 0.5) is 5.69 Å². The SMILES string of the molecule is [C-]#[N+]c1cccc(-c2cc(-c3ccccc3)nc(-c3cc(-c4ccccc4)cc(-c4ccc(-c5ccccc5)cc4)c3)n2)c1. The second-order valence-electron chi connectivity index (χ2n) is 10.6. The van der Waals surface area contributed by atoms with E-state index in [9.17, 15) is 0 Å². The molecule has 3 nitrogen and oxygen atoms in total. The molecular formula is C41H27N3. The van der Waals surface area contributed by atoms with Crippen LogP contribution in [-0.4, -0.2) is 9.97 Å². The third-order valence-electron chi connectivity index (χ3n) is 7.69. The van der Waals surface area contributed by atoms with Crippen molar-refractivity contribution in [3.8, 4) is 67.3 Å². The van der Waals surface area contributed by atoms with Gasteiger partial charge in [0.25, 0.3) is 0 Å². The van der Waals surface area contributed by atoms with E-state index in [0.717, 1.165) is 50.3 Å². The molecule has 0 amide bonds. The fraction of sp³-hybridized carbons (Fsp3) is 0. The van der Waals surface area contributed by atoms with E-state index in [1.165, 1.54) is 11.1 Å². The summed E-state index contributed by atoms with van der Waals surface area (Å²) < 4.78 is 0. The van der Waals surface area contributed by atoms with Crippen LogP contribution < -0.4 is 0 Å². The minimum atomic E-state index is 0.580. The first-order valence-electron chi connectivity index (χ1n) is 14.5. The van der Waals surface area contributed by atoms with Crippen LogP contribution >= 0.6 is 0 Å². The Morgan fingerprint density at radius 3 is 1.34 bits per heavy atom. The van der Waals surface area contributed by atoms with Crippen LogP contribution in [0.5, 0.6) is 0 Å². The molecule has 0 bridgehead atoms. The molecule has 44 heavy (non-hydrogen) atoms. The molecule has 1 aromatic heterocycles. The number of rotatable bonds is 6. The van der Waals surface area contributed by atoms with Gasteiger partial charge in [0.15, 0.2) is 11.5 Å². The monoisotopic (exact) mass is 561 g/mol. The van der Waals surface area contributed by atoms with Gasteiger partial charge in [0, 0.05) is 11.1 Å². The van der Waals surface area contributed by atoms with E-state index < -0.39 is 0 Å². The van der Waals surface area contributed by atoms with Gasteiger partial charge in [-0.05, 0) is 69.3 Å². The Bertz CT molecular complexity index is 2100. The van der Waals surface area contributed by atoms with E-state index >= 15 is 0 Å². The normalized spacial score (nSPS) is 10.7. The van der Waals surface area contributed by atoms with Crippen molar-refractivity contribution in [2.45, 2.75) is 0 Å². The average molecular weight is 562 g/mol. The maximum Gasteiger partial charge on any atom is 0.187 e. The molecule has 0 aliphatic rings. The molecule has 0 saturated carbocycles. The summed E-state index contributed by atoms with van der Waals surface area (Å²) in [5.41, 5.74) is 11.8. The lowest BCUT2D eigenvalue weighted by Crippen LogP contribution is -1.97. The Labute approximate surface area is 257 Å². The van der Waals surface area contributed by atoms with Gasteiger partial charge in [0.1, 0.15) is 0 Å². The van der Waals surface area contributed by atoms with Crippen molar-refractivity contribution in [3.05, 3.63) is 175 Å². The topological polar surface area (TPSA) is 30.1 Å². The summed E-state index contributed by atoms with van der Waals surface area (Å²) in [6, 6.07) is 55.9. The fourth-order valence-corrected chi connectivity index (χ4v) is 5.42. The van der Waals surface area contributed by atoms with Crippen LogP contribution in [-0.2, 0) is 0 Å². The predicted octanol–water partition coefficient (Wildman–Crippen LogP) is 11.0. The lowest BCUT2D eigenvalue weighted by atomic mass is 9.94.